The number of amides is 3. The number of nitrogens with zero attached hydrogens (tertiary/aromatic N) is 1. The average Bonchev–Trinajstić information content (AvgIpc) is 2.42. The Labute approximate surface area is 129 Å². The molecule has 0 atom stereocenters. The van der Waals surface area contributed by atoms with Crippen LogP contribution in [0.3, 0.4) is 0 Å². The van der Waals surface area contributed by atoms with Crippen molar-refractivity contribution >= 4 is 39.2 Å². The van der Waals surface area contributed by atoms with Gasteiger partial charge in [0.05, 0.1) is 11.4 Å². The zero-order valence-electron chi connectivity index (χ0n) is 10.8. The number of urea groups is 1. The largest absolute Gasteiger partial charge is 0.506 e. The first-order valence-electron chi connectivity index (χ1n) is 5.88. The van der Waals surface area contributed by atoms with Gasteiger partial charge in [-0.1, -0.05) is 12.1 Å². The number of hydrogen-bond acceptors (Lipinski definition) is 3. The number of anilines is 2. The van der Waals surface area contributed by atoms with Gasteiger partial charge in [-0.05, 0) is 46.3 Å². The quantitative estimate of drug-likeness (QED) is 0.791. The molecule has 0 spiro atoms. The molecule has 2 rings (SSSR count). The second kappa shape index (κ2) is 5.84. The zero-order valence-corrected chi connectivity index (χ0v) is 12.4. The lowest BCUT2D eigenvalue weighted by atomic mass is 10.1. The maximum Gasteiger partial charge on any atom is 0.324 e. The summed E-state index contributed by atoms with van der Waals surface area (Å²) in [7, 11) is 0. The van der Waals surface area contributed by atoms with Crippen molar-refractivity contribution in [2.75, 3.05) is 4.90 Å². The van der Waals surface area contributed by atoms with Crippen molar-refractivity contribution in [2.45, 2.75) is 0 Å². The lowest BCUT2D eigenvalue weighted by Crippen LogP contribution is -2.31. The highest BCUT2D eigenvalue weighted by atomic mass is 79.9. The van der Waals surface area contributed by atoms with Crippen LogP contribution in [-0.2, 0) is 0 Å². The fourth-order valence-electron chi connectivity index (χ4n) is 1.87. The molecule has 21 heavy (non-hydrogen) atoms. The smallest absolute Gasteiger partial charge is 0.324 e. The lowest BCUT2D eigenvalue weighted by Gasteiger charge is -2.22. The second-order valence-corrected chi connectivity index (χ2v) is 5.05. The molecule has 7 heteroatoms. The minimum absolute atomic E-state index is 0.132. The van der Waals surface area contributed by atoms with Crippen molar-refractivity contribution in [1.29, 1.82) is 0 Å². The summed E-state index contributed by atoms with van der Waals surface area (Å²) in [6.45, 7) is 0. The molecular formula is C14H12BrN3O3. The third kappa shape index (κ3) is 2.97. The van der Waals surface area contributed by atoms with E-state index >= 15 is 0 Å². The molecule has 0 aliphatic rings. The molecular weight excluding hydrogens is 338 g/mol. The predicted molar refractivity (Wildman–Crippen MR) is 82.5 cm³/mol. The lowest BCUT2D eigenvalue weighted by molar-refractivity contribution is 0.1000. The fraction of sp³-hybridized carbons (Fsp3) is 0. The summed E-state index contributed by atoms with van der Waals surface area (Å²) in [6, 6.07) is 10.1. The molecule has 0 bridgehead atoms. The molecule has 0 aromatic heterocycles. The Morgan fingerprint density at radius 1 is 1.05 bits per heavy atom. The molecule has 0 fully saturated rings. The van der Waals surface area contributed by atoms with E-state index in [0.29, 0.717) is 10.2 Å². The number of phenols is 1. The van der Waals surface area contributed by atoms with E-state index in [-0.39, 0.29) is 17.0 Å². The van der Waals surface area contributed by atoms with Crippen LogP contribution in [0.5, 0.6) is 5.75 Å². The van der Waals surface area contributed by atoms with E-state index in [9.17, 15) is 14.7 Å². The van der Waals surface area contributed by atoms with Gasteiger partial charge in [-0.3, -0.25) is 9.69 Å². The Morgan fingerprint density at radius 3 is 2.24 bits per heavy atom. The van der Waals surface area contributed by atoms with Crippen molar-refractivity contribution in [3.05, 3.63) is 52.5 Å². The molecule has 108 valence electrons. The first-order valence-corrected chi connectivity index (χ1v) is 6.68. The molecule has 0 unspecified atom stereocenters. The SMILES string of the molecule is NC(=O)c1ccc(N(C(N)=O)c2ccccc2Br)c(O)c1. The molecule has 3 amide bonds. The summed E-state index contributed by atoms with van der Waals surface area (Å²) in [5, 5.41) is 10.0. The van der Waals surface area contributed by atoms with Crippen molar-refractivity contribution < 1.29 is 14.7 Å². The zero-order chi connectivity index (χ0) is 15.6. The van der Waals surface area contributed by atoms with Crippen LogP contribution in [0.2, 0.25) is 0 Å². The second-order valence-electron chi connectivity index (χ2n) is 4.19. The van der Waals surface area contributed by atoms with E-state index in [0.717, 1.165) is 4.90 Å². The molecule has 2 aromatic rings. The van der Waals surface area contributed by atoms with Gasteiger partial charge in [-0.2, -0.15) is 0 Å². The molecule has 0 saturated heterocycles. The van der Waals surface area contributed by atoms with E-state index in [4.69, 9.17) is 11.5 Å². The summed E-state index contributed by atoms with van der Waals surface area (Å²) >= 11 is 3.32. The van der Waals surface area contributed by atoms with Crippen LogP contribution in [0.4, 0.5) is 16.2 Å². The van der Waals surface area contributed by atoms with Crippen molar-refractivity contribution in [3.63, 3.8) is 0 Å². The Kier molecular flexibility index (Phi) is 4.13. The molecule has 0 aliphatic heterocycles. The first kappa shape index (κ1) is 14.9. The van der Waals surface area contributed by atoms with E-state index in [2.05, 4.69) is 15.9 Å². The third-order valence-electron chi connectivity index (χ3n) is 2.81. The highest BCUT2D eigenvalue weighted by Gasteiger charge is 2.21. The number of carbonyl (C=O) groups excluding carboxylic acids is 2. The van der Waals surface area contributed by atoms with Crippen molar-refractivity contribution in [3.8, 4) is 5.75 Å². The van der Waals surface area contributed by atoms with Gasteiger partial charge in [0, 0.05) is 10.0 Å². The van der Waals surface area contributed by atoms with Crippen LogP contribution < -0.4 is 16.4 Å². The van der Waals surface area contributed by atoms with E-state index in [1.165, 1.54) is 18.2 Å². The summed E-state index contributed by atoms with van der Waals surface area (Å²) < 4.78 is 0.627. The normalized spacial score (nSPS) is 10.1. The molecule has 0 saturated carbocycles. The number of nitrogens with two attached hydrogens (primary N) is 2. The molecule has 6 nitrogen and oxygen atoms in total. The van der Waals surface area contributed by atoms with Crippen LogP contribution in [0.25, 0.3) is 0 Å². The monoisotopic (exact) mass is 349 g/mol. The van der Waals surface area contributed by atoms with Gasteiger partial charge < -0.3 is 16.6 Å². The number of halogens is 1. The number of para-hydroxylation sites is 1. The topological polar surface area (TPSA) is 110 Å². The Balaban J connectivity index is 2.57. The van der Waals surface area contributed by atoms with E-state index in [1.807, 2.05) is 0 Å². The summed E-state index contributed by atoms with van der Waals surface area (Å²) in [4.78, 5) is 24.0. The number of rotatable bonds is 3. The van der Waals surface area contributed by atoms with Gasteiger partial charge in [0.15, 0.2) is 0 Å². The number of primary amides is 2. The van der Waals surface area contributed by atoms with Gasteiger partial charge in [-0.25, -0.2) is 4.79 Å². The third-order valence-corrected chi connectivity index (χ3v) is 3.49. The number of benzene rings is 2. The van der Waals surface area contributed by atoms with Crippen molar-refractivity contribution in [2.24, 2.45) is 11.5 Å². The van der Waals surface area contributed by atoms with E-state index in [1.54, 1.807) is 24.3 Å². The molecule has 5 N–H and O–H groups in total. The molecule has 2 aromatic carbocycles. The number of carbonyl (C=O) groups is 2. The molecule has 0 radical (unpaired) electrons. The highest BCUT2D eigenvalue weighted by molar-refractivity contribution is 9.10. The maximum atomic E-state index is 11.7. The number of aromatic hydroxyl groups is 1. The maximum absolute atomic E-state index is 11.7. The minimum atomic E-state index is -0.774. The first-order chi connectivity index (χ1) is 9.91. The number of hydrogen-bond donors (Lipinski definition) is 3. The van der Waals surface area contributed by atoms with Crippen LogP contribution in [0.1, 0.15) is 10.4 Å². The highest BCUT2D eigenvalue weighted by Crippen LogP contribution is 2.37. The summed E-state index contributed by atoms with van der Waals surface area (Å²) in [5.74, 6) is -0.954. The Hall–Kier alpha value is -2.54. The van der Waals surface area contributed by atoms with Crippen LogP contribution in [0, 0.1) is 0 Å². The van der Waals surface area contributed by atoms with Gasteiger partial charge in [-0.15, -0.1) is 0 Å². The number of phenolic OH excluding ortho intramolecular Hbond substituents is 1. The van der Waals surface area contributed by atoms with Crippen LogP contribution in [-0.4, -0.2) is 17.0 Å². The van der Waals surface area contributed by atoms with Gasteiger partial charge >= 0.3 is 6.03 Å². The summed E-state index contributed by atoms with van der Waals surface area (Å²) in [6.07, 6.45) is 0. The molecule has 0 aliphatic carbocycles. The van der Waals surface area contributed by atoms with Gasteiger partial charge in [0.1, 0.15) is 5.75 Å². The molecule has 0 heterocycles. The fourth-order valence-corrected chi connectivity index (χ4v) is 2.33. The Bertz CT molecular complexity index is 718. The van der Waals surface area contributed by atoms with Crippen molar-refractivity contribution in [1.82, 2.24) is 0 Å². The standard InChI is InChI=1S/C14H12BrN3O3/c15-9-3-1-2-4-10(9)18(14(17)21)11-6-5-8(13(16)20)7-12(11)19/h1-7,19H,(H2,16,20)(H2,17,21). The van der Waals surface area contributed by atoms with Crippen LogP contribution in [0.15, 0.2) is 46.9 Å². The minimum Gasteiger partial charge on any atom is -0.506 e. The van der Waals surface area contributed by atoms with Crippen LogP contribution >= 0.6 is 15.9 Å². The van der Waals surface area contributed by atoms with E-state index < -0.39 is 11.9 Å². The summed E-state index contributed by atoms with van der Waals surface area (Å²) in [5.41, 5.74) is 11.3. The Morgan fingerprint density at radius 2 is 1.71 bits per heavy atom. The van der Waals surface area contributed by atoms with Gasteiger partial charge in [0.2, 0.25) is 5.91 Å². The predicted octanol–water partition coefficient (Wildman–Crippen LogP) is 2.47. The van der Waals surface area contributed by atoms with Gasteiger partial charge in [0.25, 0.3) is 0 Å². The average molecular weight is 350 g/mol.